The molecule has 170 valence electrons. The van der Waals surface area contributed by atoms with Crippen LogP contribution in [0, 0.1) is 5.82 Å². The van der Waals surface area contributed by atoms with Crippen LogP contribution in [0.25, 0.3) is 0 Å². The molecule has 1 atom stereocenters. The lowest BCUT2D eigenvalue weighted by atomic mass is 9.86. The number of ether oxygens (including phenoxy) is 1. The summed E-state index contributed by atoms with van der Waals surface area (Å²) in [4.78, 5) is 36.9. The van der Waals surface area contributed by atoms with Gasteiger partial charge in [-0.2, -0.15) is 0 Å². The minimum atomic E-state index is -1.42. The summed E-state index contributed by atoms with van der Waals surface area (Å²) < 4.78 is 35.2. The first-order valence-electron chi connectivity index (χ1n) is 10.7. The number of benzene rings is 1. The highest BCUT2D eigenvalue weighted by Crippen LogP contribution is 2.33. The number of rotatable bonds is 4. The van der Waals surface area contributed by atoms with Crippen LogP contribution in [0.2, 0.25) is 0 Å². The molecule has 31 heavy (non-hydrogen) atoms. The zero-order chi connectivity index (χ0) is 22.8. The monoisotopic (exact) mass is 436 g/mol. The Labute approximate surface area is 181 Å². The number of carbonyl (C=O) groups is 3. The van der Waals surface area contributed by atoms with Crippen LogP contribution in [0.1, 0.15) is 69.9 Å². The third-order valence-corrected chi connectivity index (χ3v) is 5.85. The Hall–Kier alpha value is -2.51. The molecular weight excluding hydrogens is 406 g/mol. The van der Waals surface area contributed by atoms with Gasteiger partial charge in [0.05, 0.1) is 5.92 Å². The molecule has 0 radical (unpaired) electrons. The average molecular weight is 436 g/mol. The third-order valence-electron chi connectivity index (χ3n) is 5.85. The molecule has 0 saturated carbocycles. The largest absolute Gasteiger partial charge is 0.444 e. The topological polar surface area (TPSA) is 75.7 Å². The number of hydrogen-bond acceptors (Lipinski definition) is 4. The van der Waals surface area contributed by atoms with E-state index in [-0.39, 0.29) is 56.7 Å². The number of nitrogens with one attached hydrogen (secondary N) is 1. The molecular formula is C23H30F2N2O4. The zero-order valence-electron chi connectivity index (χ0n) is 18.3. The number of carbonyl (C=O) groups excluding carboxylic acids is 3. The number of nitrogens with zero attached hydrogens (tertiary/aromatic N) is 1. The standard InChI is InChI=1S/C23H30F2N2O4/c1-22(2,3)31-21(30)27-12-10-23(25,11-13-27)9-8-15-4-5-16(18(24)14-15)17-6-7-19(28)26-20(17)29/h4-5,14,17H,6-13H2,1-3H3,(H,26,28,29). The molecule has 3 amide bonds. The van der Waals surface area contributed by atoms with Crippen molar-refractivity contribution < 1.29 is 27.9 Å². The Morgan fingerprint density at radius 2 is 1.94 bits per heavy atom. The van der Waals surface area contributed by atoms with Gasteiger partial charge in [0.25, 0.3) is 0 Å². The van der Waals surface area contributed by atoms with E-state index in [1.165, 1.54) is 11.0 Å². The number of halogens is 2. The van der Waals surface area contributed by atoms with E-state index in [1.54, 1.807) is 32.9 Å². The predicted octanol–water partition coefficient (Wildman–Crippen LogP) is 4.02. The highest BCUT2D eigenvalue weighted by atomic mass is 19.1. The van der Waals surface area contributed by atoms with E-state index in [4.69, 9.17) is 4.74 Å². The summed E-state index contributed by atoms with van der Waals surface area (Å²) in [5, 5.41) is 2.24. The summed E-state index contributed by atoms with van der Waals surface area (Å²) in [6.07, 6.45) is 1.04. The first kappa shape index (κ1) is 23.2. The average Bonchev–Trinajstić information content (AvgIpc) is 2.66. The maximum Gasteiger partial charge on any atom is 0.410 e. The summed E-state index contributed by atoms with van der Waals surface area (Å²) in [6.45, 7) is 5.94. The van der Waals surface area contributed by atoms with Gasteiger partial charge in [0, 0.05) is 25.1 Å². The van der Waals surface area contributed by atoms with Crippen molar-refractivity contribution in [2.75, 3.05) is 13.1 Å². The first-order valence-corrected chi connectivity index (χ1v) is 10.7. The molecule has 8 heteroatoms. The smallest absolute Gasteiger partial charge is 0.410 e. The molecule has 0 bridgehead atoms. The fourth-order valence-electron chi connectivity index (χ4n) is 4.03. The highest BCUT2D eigenvalue weighted by Gasteiger charge is 2.37. The molecule has 0 aliphatic carbocycles. The summed E-state index contributed by atoms with van der Waals surface area (Å²) in [5.41, 5.74) is -1.10. The molecule has 1 N–H and O–H groups in total. The Balaban J connectivity index is 1.54. The molecule has 2 aliphatic heterocycles. The number of aryl methyl sites for hydroxylation is 1. The summed E-state index contributed by atoms with van der Waals surface area (Å²) in [6, 6.07) is 4.61. The van der Waals surface area contributed by atoms with E-state index in [1.807, 2.05) is 0 Å². The normalized spacial score (nSPS) is 21.6. The molecule has 2 aliphatic rings. The van der Waals surface area contributed by atoms with Crippen molar-refractivity contribution in [3.63, 3.8) is 0 Å². The lowest BCUT2D eigenvalue weighted by Gasteiger charge is -2.37. The molecule has 0 aromatic heterocycles. The van der Waals surface area contributed by atoms with Crippen molar-refractivity contribution in [1.82, 2.24) is 10.2 Å². The fraction of sp³-hybridized carbons (Fsp3) is 0.609. The quantitative estimate of drug-likeness (QED) is 0.724. The Morgan fingerprint density at radius 3 is 2.52 bits per heavy atom. The Bertz CT molecular complexity index is 858. The number of piperidine rings is 2. The third kappa shape index (κ3) is 6.02. The van der Waals surface area contributed by atoms with E-state index in [0.29, 0.717) is 12.0 Å². The van der Waals surface area contributed by atoms with Gasteiger partial charge in [0.2, 0.25) is 11.8 Å². The van der Waals surface area contributed by atoms with Gasteiger partial charge in [0.15, 0.2) is 0 Å². The van der Waals surface area contributed by atoms with Gasteiger partial charge in [-0.1, -0.05) is 12.1 Å². The minimum absolute atomic E-state index is 0.183. The van der Waals surface area contributed by atoms with Crippen LogP contribution in [-0.2, 0) is 20.7 Å². The van der Waals surface area contributed by atoms with Gasteiger partial charge in [-0.05, 0) is 64.5 Å². The Morgan fingerprint density at radius 1 is 1.26 bits per heavy atom. The molecule has 1 unspecified atom stereocenters. The van der Waals surface area contributed by atoms with E-state index in [0.717, 1.165) is 0 Å². The second-order valence-electron chi connectivity index (χ2n) is 9.48. The lowest BCUT2D eigenvalue weighted by molar-refractivity contribution is -0.134. The molecule has 1 aromatic carbocycles. The minimum Gasteiger partial charge on any atom is -0.444 e. The van der Waals surface area contributed by atoms with Crippen molar-refractivity contribution in [3.8, 4) is 0 Å². The van der Waals surface area contributed by atoms with Crippen molar-refractivity contribution >= 4 is 17.9 Å². The van der Waals surface area contributed by atoms with Gasteiger partial charge in [-0.3, -0.25) is 14.9 Å². The first-order chi connectivity index (χ1) is 14.5. The van der Waals surface area contributed by atoms with Crippen molar-refractivity contribution in [1.29, 1.82) is 0 Å². The van der Waals surface area contributed by atoms with Crippen molar-refractivity contribution in [2.24, 2.45) is 0 Å². The van der Waals surface area contributed by atoms with Gasteiger partial charge >= 0.3 is 6.09 Å². The number of likely N-dealkylation sites (tertiary alicyclic amines) is 1. The van der Waals surface area contributed by atoms with Crippen LogP contribution in [0.3, 0.4) is 0 Å². The number of alkyl halides is 1. The fourth-order valence-corrected chi connectivity index (χ4v) is 4.03. The van der Waals surface area contributed by atoms with E-state index < -0.39 is 35.0 Å². The second kappa shape index (κ2) is 8.93. The van der Waals surface area contributed by atoms with Crippen LogP contribution in [0.4, 0.5) is 13.6 Å². The van der Waals surface area contributed by atoms with Gasteiger partial charge in [0.1, 0.15) is 17.1 Å². The second-order valence-corrected chi connectivity index (χ2v) is 9.48. The summed E-state index contributed by atoms with van der Waals surface area (Å²) in [7, 11) is 0. The molecule has 0 spiro atoms. The lowest BCUT2D eigenvalue weighted by Crippen LogP contribution is -2.46. The van der Waals surface area contributed by atoms with Gasteiger partial charge < -0.3 is 9.64 Å². The van der Waals surface area contributed by atoms with Gasteiger partial charge in [-0.15, -0.1) is 0 Å². The molecule has 2 heterocycles. The van der Waals surface area contributed by atoms with Gasteiger partial charge in [-0.25, -0.2) is 13.6 Å². The summed E-state index contributed by atoms with van der Waals surface area (Å²) in [5.74, 6) is -2.03. The molecule has 2 saturated heterocycles. The number of imide groups is 1. The van der Waals surface area contributed by atoms with Crippen LogP contribution in [-0.4, -0.2) is 47.2 Å². The van der Waals surface area contributed by atoms with Crippen molar-refractivity contribution in [2.45, 2.75) is 76.5 Å². The molecule has 1 aromatic rings. The highest BCUT2D eigenvalue weighted by molar-refractivity contribution is 6.00. The maximum atomic E-state index is 15.2. The van der Waals surface area contributed by atoms with E-state index in [9.17, 15) is 18.8 Å². The number of amides is 3. The predicted molar refractivity (Wildman–Crippen MR) is 111 cm³/mol. The summed E-state index contributed by atoms with van der Waals surface area (Å²) >= 11 is 0. The zero-order valence-corrected chi connectivity index (χ0v) is 18.3. The van der Waals surface area contributed by atoms with Crippen molar-refractivity contribution in [3.05, 3.63) is 35.1 Å². The molecule has 3 rings (SSSR count). The van der Waals surface area contributed by atoms with Crippen LogP contribution in [0.15, 0.2) is 18.2 Å². The number of hydrogen-bond donors (Lipinski definition) is 1. The van der Waals surface area contributed by atoms with Crippen LogP contribution < -0.4 is 5.32 Å². The SMILES string of the molecule is CC(C)(C)OC(=O)N1CCC(F)(CCc2ccc(C3CCC(=O)NC3=O)c(F)c2)CC1. The van der Waals surface area contributed by atoms with E-state index in [2.05, 4.69) is 5.32 Å². The Kier molecular flexibility index (Phi) is 6.67. The van der Waals surface area contributed by atoms with Crippen LogP contribution in [0.5, 0.6) is 0 Å². The molecule has 2 fully saturated rings. The maximum absolute atomic E-state index is 15.2. The molecule has 6 nitrogen and oxygen atoms in total. The van der Waals surface area contributed by atoms with Crippen LogP contribution >= 0.6 is 0 Å². The van der Waals surface area contributed by atoms with E-state index >= 15 is 4.39 Å².